The molecule has 1 aliphatic carbocycles. The highest BCUT2D eigenvalue weighted by Crippen LogP contribution is 2.32. The van der Waals surface area contributed by atoms with Crippen molar-refractivity contribution in [2.24, 2.45) is 5.92 Å². The molecule has 0 radical (unpaired) electrons. The van der Waals surface area contributed by atoms with Crippen LogP contribution in [0.2, 0.25) is 5.02 Å². The maximum absolute atomic E-state index is 13.1. The Morgan fingerprint density at radius 2 is 1.82 bits per heavy atom. The molecule has 182 valence electrons. The van der Waals surface area contributed by atoms with Crippen molar-refractivity contribution in [1.82, 2.24) is 14.5 Å². The number of sulfonamides is 1. The number of ether oxygens (including phenoxy) is 1. The Labute approximate surface area is 206 Å². The van der Waals surface area contributed by atoms with Crippen LogP contribution in [0.4, 0.5) is 0 Å². The zero-order valence-corrected chi connectivity index (χ0v) is 20.9. The van der Waals surface area contributed by atoms with E-state index in [0.29, 0.717) is 35.3 Å². The van der Waals surface area contributed by atoms with E-state index in [-0.39, 0.29) is 54.9 Å². The minimum atomic E-state index is -3.66. The molecule has 0 atom stereocenters. The van der Waals surface area contributed by atoms with Gasteiger partial charge in [0.2, 0.25) is 15.9 Å². The second-order valence-corrected chi connectivity index (χ2v) is 11.1. The minimum absolute atomic E-state index is 0. The number of amides is 1. The molecule has 1 amide bonds. The first kappa shape index (κ1) is 25.8. The second kappa shape index (κ2) is 10.6. The van der Waals surface area contributed by atoms with Crippen molar-refractivity contribution in [2.45, 2.75) is 38.6 Å². The lowest BCUT2D eigenvalue weighted by molar-refractivity contribution is -0.137. The first-order valence-electron chi connectivity index (χ1n) is 11.0. The number of benzene rings is 1. The first-order valence-corrected chi connectivity index (χ1v) is 12.8. The molecule has 0 aromatic heterocycles. The summed E-state index contributed by atoms with van der Waals surface area (Å²) in [7, 11) is -3.66. The Kier molecular flexibility index (Phi) is 8.31. The van der Waals surface area contributed by atoms with Gasteiger partial charge in [0.15, 0.2) is 0 Å². The van der Waals surface area contributed by atoms with Crippen LogP contribution in [-0.4, -0.2) is 68.2 Å². The summed E-state index contributed by atoms with van der Waals surface area (Å²) < 4.78 is 33.4. The van der Waals surface area contributed by atoms with Crippen molar-refractivity contribution in [1.29, 1.82) is 5.41 Å². The summed E-state index contributed by atoms with van der Waals surface area (Å²) in [6, 6.07) is 5.40. The number of nitrogens with zero attached hydrogens (tertiary/aromatic N) is 2. The van der Waals surface area contributed by atoms with Gasteiger partial charge in [0.05, 0.1) is 10.7 Å². The largest absolute Gasteiger partial charge is 0.487 e. The van der Waals surface area contributed by atoms with Gasteiger partial charge in [-0.05, 0) is 56.9 Å². The molecule has 0 unspecified atom stereocenters. The number of piperazine rings is 1. The van der Waals surface area contributed by atoms with Crippen LogP contribution in [0.25, 0.3) is 6.08 Å². The molecular formula is C22H30Cl2N4O4S. The molecule has 1 aromatic carbocycles. The zero-order valence-electron chi connectivity index (χ0n) is 18.5. The molecule has 1 saturated carbocycles. The topological polar surface area (TPSA) is 103 Å². The van der Waals surface area contributed by atoms with Gasteiger partial charge in [-0.2, -0.15) is 4.31 Å². The van der Waals surface area contributed by atoms with E-state index in [4.69, 9.17) is 21.7 Å². The number of carbonyl (C=O) groups excluding carboxylic acids is 1. The van der Waals surface area contributed by atoms with Crippen LogP contribution in [0.3, 0.4) is 0 Å². The van der Waals surface area contributed by atoms with Crippen molar-refractivity contribution in [3.8, 4) is 5.75 Å². The van der Waals surface area contributed by atoms with Crippen LogP contribution in [-0.2, 0) is 14.8 Å². The molecule has 33 heavy (non-hydrogen) atoms. The predicted molar refractivity (Wildman–Crippen MR) is 132 cm³/mol. The number of amidine groups is 1. The highest BCUT2D eigenvalue weighted by Gasteiger charge is 2.35. The number of carbonyl (C=O) groups is 1. The van der Waals surface area contributed by atoms with Crippen LogP contribution in [0, 0.1) is 11.3 Å². The van der Waals surface area contributed by atoms with Crippen LogP contribution < -0.4 is 10.1 Å². The van der Waals surface area contributed by atoms with Crippen molar-refractivity contribution >= 4 is 51.9 Å². The maximum Gasteiger partial charge on any atom is 0.242 e. The summed E-state index contributed by atoms with van der Waals surface area (Å²) in [5, 5.41) is 11.2. The summed E-state index contributed by atoms with van der Waals surface area (Å²) in [5.41, 5.74) is 0.691. The fourth-order valence-electron chi connectivity index (χ4n) is 4.63. The normalized spacial score (nSPS) is 23.5. The molecule has 1 aromatic rings. The lowest BCUT2D eigenvalue weighted by atomic mass is 9.85. The Morgan fingerprint density at radius 3 is 2.45 bits per heavy atom. The predicted octanol–water partition coefficient (Wildman–Crippen LogP) is 3.11. The Morgan fingerprint density at radius 1 is 1.15 bits per heavy atom. The monoisotopic (exact) mass is 516 g/mol. The van der Waals surface area contributed by atoms with Gasteiger partial charge in [-0.25, -0.2) is 8.42 Å². The van der Waals surface area contributed by atoms with Gasteiger partial charge in [0.1, 0.15) is 12.4 Å². The molecular weight excluding hydrogens is 487 g/mol. The van der Waals surface area contributed by atoms with Crippen LogP contribution in [0.1, 0.15) is 38.2 Å². The lowest BCUT2D eigenvalue weighted by Gasteiger charge is -2.38. The van der Waals surface area contributed by atoms with E-state index in [0.717, 1.165) is 25.7 Å². The van der Waals surface area contributed by atoms with Crippen LogP contribution in [0.5, 0.6) is 5.75 Å². The Bertz CT molecular complexity index is 1030. The summed E-state index contributed by atoms with van der Waals surface area (Å²) >= 11 is 5.98. The molecule has 1 saturated heterocycles. The highest BCUT2D eigenvalue weighted by molar-refractivity contribution is 7.93. The fourth-order valence-corrected chi connectivity index (χ4v) is 6.25. The molecule has 2 N–H and O–H groups in total. The molecule has 3 aliphatic rings. The number of nitrogens with one attached hydrogen (secondary N) is 2. The van der Waals surface area contributed by atoms with E-state index in [1.54, 1.807) is 36.1 Å². The number of fused-ring (bicyclic) bond motifs is 1. The third-order valence-electron chi connectivity index (χ3n) is 6.38. The number of halogens is 2. The standard InChI is InChI=1S/C22H29ClN4O4S.ClH/c1-15(24)25-19-6-3-16(4-7-19)22(28)26-8-10-27(11-9-26)32(29,30)20-12-17-2-5-18(23)13-21(17)31-14-20;/h2,5,12-13,16,19H,3-4,6-11,14H2,1H3,(H2,24,25);1H/t16-,19-;. The molecule has 2 heterocycles. The number of rotatable bonds is 4. The average Bonchev–Trinajstić information content (AvgIpc) is 2.78. The van der Waals surface area contributed by atoms with E-state index in [9.17, 15) is 13.2 Å². The van der Waals surface area contributed by atoms with Crippen molar-refractivity contribution in [2.75, 3.05) is 32.8 Å². The summed E-state index contributed by atoms with van der Waals surface area (Å²) in [6.07, 6.45) is 5.00. The molecule has 4 rings (SSSR count). The van der Waals surface area contributed by atoms with Crippen molar-refractivity contribution in [3.05, 3.63) is 33.7 Å². The van der Waals surface area contributed by atoms with Crippen LogP contribution in [0.15, 0.2) is 23.1 Å². The smallest absolute Gasteiger partial charge is 0.242 e. The summed E-state index contributed by atoms with van der Waals surface area (Å²) in [6.45, 7) is 3.06. The van der Waals surface area contributed by atoms with E-state index in [1.807, 2.05) is 0 Å². The molecule has 0 bridgehead atoms. The minimum Gasteiger partial charge on any atom is -0.487 e. The van der Waals surface area contributed by atoms with E-state index >= 15 is 0 Å². The van der Waals surface area contributed by atoms with Gasteiger partial charge in [-0.3, -0.25) is 10.2 Å². The van der Waals surface area contributed by atoms with Gasteiger partial charge in [-0.1, -0.05) is 11.6 Å². The van der Waals surface area contributed by atoms with Gasteiger partial charge in [0.25, 0.3) is 0 Å². The maximum atomic E-state index is 13.1. The zero-order chi connectivity index (χ0) is 22.9. The van der Waals surface area contributed by atoms with Gasteiger partial charge in [-0.15, -0.1) is 12.4 Å². The van der Waals surface area contributed by atoms with Crippen molar-refractivity contribution in [3.63, 3.8) is 0 Å². The average molecular weight is 517 g/mol. The number of hydrogen-bond donors (Lipinski definition) is 2. The van der Waals surface area contributed by atoms with E-state index in [2.05, 4.69) is 5.32 Å². The quantitative estimate of drug-likeness (QED) is 0.472. The van der Waals surface area contributed by atoms with E-state index < -0.39 is 10.0 Å². The summed E-state index contributed by atoms with van der Waals surface area (Å²) in [5.74, 6) is 1.15. The third-order valence-corrected chi connectivity index (χ3v) is 8.56. The number of hydrogen-bond acceptors (Lipinski definition) is 5. The van der Waals surface area contributed by atoms with E-state index in [1.165, 1.54) is 4.31 Å². The molecule has 2 fully saturated rings. The molecule has 0 spiro atoms. The molecule has 11 heteroatoms. The first-order chi connectivity index (χ1) is 15.2. The van der Waals surface area contributed by atoms with Gasteiger partial charge in [0, 0.05) is 48.7 Å². The third kappa shape index (κ3) is 5.82. The Hall–Kier alpha value is -1.81. The summed E-state index contributed by atoms with van der Waals surface area (Å²) in [4.78, 5) is 15.0. The molecule has 2 aliphatic heterocycles. The lowest BCUT2D eigenvalue weighted by Crippen LogP contribution is -2.52. The SMILES string of the molecule is CC(=N)N[C@H]1CC[C@H](C(=O)N2CCN(S(=O)(=O)C3=Cc4ccc(Cl)cc4OC3)CC2)CC1.Cl. The Balaban J connectivity index is 0.00000306. The van der Waals surface area contributed by atoms with Crippen LogP contribution >= 0.6 is 24.0 Å². The second-order valence-electron chi connectivity index (χ2n) is 8.63. The highest BCUT2D eigenvalue weighted by atomic mass is 35.5. The fraction of sp³-hybridized carbons (Fsp3) is 0.545. The van der Waals surface area contributed by atoms with Gasteiger partial charge >= 0.3 is 0 Å². The molecule has 8 nitrogen and oxygen atoms in total. The van der Waals surface area contributed by atoms with Crippen molar-refractivity contribution < 1.29 is 17.9 Å². The van der Waals surface area contributed by atoms with Gasteiger partial charge < -0.3 is 15.0 Å².